The Morgan fingerprint density at radius 2 is 1.88 bits per heavy atom. The van der Waals surface area contributed by atoms with Gasteiger partial charge in [-0.05, 0) is 24.3 Å². The highest BCUT2D eigenvalue weighted by Gasteiger charge is 2.21. The lowest BCUT2D eigenvalue weighted by Gasteiger charge is -2.33. The van der Waals surface area contributed by atoms with Crippen LogP contribution < -0.4 is 4.90 Å². The summed E-state index contributed by atoms with van der Waals surface area (Å²) in [4.78, 5) is 13.7. The van der Waals surface area contributed by atoms with E-state index in [0.717, 1.165) is 61.4 Å². The van der Waals surface area contributed by atoms with Gasteiger partial charge in [-0.15, -0.1) is 11.3 Å². The summed E-state index contributed by atoms with van der Waals surface area (Å²) in [7, 11) is 0. The predicted octanol–water partition coefficient (Wildman–Crippen LogP) is 3.22. The number of halogens is 1. The fourth-order valence-electron chi connectivity index (χ4n) is 2.96. The minimum atomic E-state index is -0.229. The fraction of sp³-hybridized carbons (Fsp3) is 0.389. The number of hydrogen-bond acceptors (Lipinski definition) is 7. The molecule has 1 fully saturated rings. The van der Waals surface area contributed by atoms with E-state index >= 15 is 0 Å². The van der Waals surface area contributed by atoms with Gasteiger partial charge in [-0.25, -0.2) is 9.37 Å². The molecule has 1 saturated heterocycles. The highest BCUT2D eigenvalue weighted by Crippen LogP contribution is 2.28. The average molecular weight is 373 g/mol. The van der Waals surface area contributed by atoms with Gasteiger partial charge < -0.3 is 9.42 Å². The number of aromatic nitrogens is 3. The zero-order valence-corrected chi connectivity index (χ0v) is 15.4. The van der Waals surface area contributed by atoms with Gasteiger partial charge in [0, 0.05) is 43.5 Å². The Bertz CT molecular complexity index is 855. The lowest BCUT2D eigenvalue weighted by Crippen LogP contribution is -2.46. The number of benzene rings is 1. The number of anilines is 1. The predicted molar refractivity (Wildman–Crippen MR) is 98.7 cm³/mol. The van der Waals surface area contributed by atoms with Crippen molar-refractivity contribution < 1.29 is 8.91 Å². The largest absolute Gasteiger partial charge is 0.346 e. The van der Waals surface area contributed by atoms with E-state index in [-0.39, 0.29) is 5.82 Å². The van der Waals surface area contributed by atoms with Crippen molar-refractivity contribution in [1.29, 1.82) is 0 Å². The van der Waals surface area contributed by atoms with E-state index in [2.05, 4.69) is 19.9 Å². The third-order valence-corrected chi connectivity index (χ3v) is 5.35. The first-order chi connectivity index (χ1) is 12.7. The number of piperazine rings is 1. The van der Waals surface area contributed by atoms with Crippen molar-refractivity contribution in [3.8, 4) is 11.3 Å². The molecule has 8 heteroatoms. The standard InChI is InChI=1S/C18H20FN5OS/c1-2-17-21-16(22-25-17)11-23-7-9-24(10-8-23)18-20-15(12-26-18)13-3-5-14(19)6-4-13/h3-6,12H,2,7-11H2,1H3. The molecule has 2 aromatic heterocycles. The van der Waals surface area contributed by atoms with Crippen LogP contribution in [-0.2, 0) is 13.0 Å². The Morgan fingerprint density at radius 3 is 2.58 bits per heavy atom. The van der Waals surface area contributed by atoms with Crippen LogP contribution in [-0.4, -0.2) is 46.2 Å². The SMILES string of the molecule is CCc1nc(CN2CCN(c3nc(-c4ccc(F)cc4)cs3)CC2)no1. The molecule has 0 spiro atoms. The number of rotatable bonds is 5. The van der Waals surface area contributed by atoms with Gasteiger partial charge in [-0.3, -0.25) is 4.90 Å². The zero-order valence-electron chi connectivity index (χ0n) is 14.6. The van der Waals surface area contributed by atoms with Crippen LogP contribution in [0.3, 0.4) is 0 Å². The maximum atomic E-state index is 13.1. The minimum Gasteiger partial charge on any atom is -0.346 e. The number of hydrogen-bond donors (Lipinski definition) is 0. The number of aryl methyl sites for hydroxylation is 1. The van der Waals surface area contributed by atoms with Gasteiger partial charge in [0.1, 0.15) is 5.82 Å². The molecule has 0 atom stereocenters. The summed E-state index contributed by atoms with van der Waals surface area (Å²) in [6.07, 6.45) is 0.765. The van der Waals surface area contributed by atoms with Crippen LogP contribution in [0.5, 0.6) is 0 Å². The molecule has 3 aromatic rings. The Hall–Kier alpha value is -2.32. The van der Waals surface area contributed by atoms with E-state index in [9.17, 15) is 4.39 Å². The summed E-state index contributed by atoms with van der Waals surface area (Å²) < 4.78 is 18.2. The highest BCUT2D eigenvalue weighted by atomic mass is 32.1. The summed E-state index contributed by atoms with van der Waals surface area (Å²) in [5, 5.41) is 7.06. The molecule has 1 aliphatic rings. The molecule has 0 radical (unpaired) electrons. The Labute approximate surface area is 155 Å². The van der Waals surface area contributed by atoms with Crippen LogP contribution in [0.1, 0.15) is 18.6 Å². The second kappa shape index (κ2) is 7.51. The van der Waals surface area contributed by atoms with Gasteiger partial charge in [-0.2, -0.15) is 4.98 Å². The lowest BCUT2D eigenvalue weighted by atomic mass is 10.2. The van der Waals surface area contributed by atoms with Crippen molar-refractivity contribution in [2.24, 2.45) is 0 Å². The van der Waals surface area contributed by atoms with E-state index in [1.165, 1.54) is 12.1 Å². The first-order valence-corrected chi connectivity index (χ1v) is 9.59. The molecule has 1 aromatic carbocycles. The second-order valence-corrected chi connectivity index (χ2v) is 7.08. The quantitative estimate of drug-likeness (QED) is 0.684. The van der Waals surface area contributed by atoms with Crippen molar-refractivity contribution in [3.05, 3.63) is 47.2 Å². The van der Waals surface area contributed by atoms with Crippen molar-refractivity contribution in [2.75, 3.05) is 31.1 Å². The number of thiazole rings is 1. The molecule has 0 unspecified atom stereocenters. The van der Waals surface area contributed by atoms with Crippen molar-refractivity contribution in [3.63, 3.8) is 0 Å². The van der Waals surface area contributed by atoms with Crippen LogP contribution in [0.4, 0.5) is 9.52 Å². The van der Waals surface area contributed by atoms with Crippen LogP contribution in [0.2, 0.25) is 0 Å². The van der Waals surface area contributed by atoms with Crippen LogP contribution >= 0.6 is 11.3 Å². The van der Waals surface area contributed by atoms with Gasteiger partial charge >= 0.3 is 0 Å². The smallest absolute Gasteiger partial charge is 0.226 e. The molecule has 0 bridgehead atoms. The summed E-state index contributed by atoms with van der Waals surface area (Å²) in [5.41, 5.74) is 1.84. The average Bonchev–Trinajstić information content (AvgIpc) is 3.33. The zero-order chi connectivity index (χ0) is 17.9. The topological polar surface area (TPSA) is 58.3 Å². The molecule has 4 rings (SSSR count). The van der Waals surface area contributed by atoms with Crippen molar-refractivity contribution >= 4 is 16.5 Å². The summed E-state index contributed by atoms with van der Waals surface area (Å²) >= 11 is 1.63. The Morgan fingerprint density at radius 1 is 1.12 bits per heavy atom. The van der Waals surface area contributed by atoms with Crippen molar-refractivity contribution in [1.82, 2.24) is 20.0 Å². The van der Waals surface area contributed by atoms with Crippen molar-refractivity contribution in [2.45, 2.75) is 19.9 Å². The normalized spacial score (nSPS) is 15.5. The second-order valence-electron chi connectivity index (χ2n) is 6.24. The summed E-state index contributed by atoms with van der Waals surface area (Å²) in [6.45, 7) is 6.41. The van der Waals surface area contributed by atoms with Gasteiger partial charge in [0.2, 0.25) is 5.89 Å². The third-order valence-electron chi connectivity index (χ3n) is 4.45. The summed E-state index contributed by atoms with van der Waals surface area (Å²) in [5.74, 6) is 1.21. The molecule has 1 aliphatic heterocycles. The van der Waals surface area contributed by atoms with Gasteiger partial charge in [0.15, 0.2) is 11.0 Å². The van der Waals surface area contributed by atoms with Gasteiger partial charge in [0.25, 0.3) is 0 Å². The van der Waals surface area contributed by atoms with E-state index in [1.807, 2.05) is 12.3 Å². The molecule has 0 N–H and O–H groups in total. The minimum absolute atomic E-state index is 0.229. The molecular formula is C18H20FN5OS. The summed E-state index contributed by atoms with van der Waals surface area (Å²) in [6, 6.07) is 6.47. The van der Waals surface area contributed by atoms with Crippen LogP contribution in [0.25, 0.3) is 11.3 Å². The monoisotopic (exact) mass is 373 g/mol. The van der Waals surface area contributed by atoms with E-state index in [4.69, 9.17) is 9.51 Å². The molecule has 0 saturated carbocycles. The molecule has 136 valence electrons. The first kappa shape index (κ1) is 17.1. The molecule has 6 nitrogen and oxygen atoms in total. The maximum Gasteiger partial charge on any atom is 0.226 e. The van der Waals surface area contributed by atoms with Gasteiger partial charge in [-0.1, -0.05) is 12.1 Å². The lowest BCUT2D eigenvalue weighted by molar-refractivity contribution is 0.240. The van der Waals surface area contributed by atoms with Gasteiger partial charge in [0.05, 0.1) is 12.2 Å². The van der Waals surface area contributed by atoms with Crippen LogP contribution in [0, 0.1) is 5.82 Å². The number of nitrogens with zero attached hydrogens (tertiary/aromatic N) is 5. The Kier molecular flexibility index (Phi) is 4.94. The maximum absolute atomic E-state index is 13.1. The molecular weight excluding hydrogens is 353 g/mol. The van der Waals surface area contributed by atoms with Crippen LogP contribution in [0.15, 0.2) is 34.2 Å². The molecule has 0 aliphatic carbocycles. The molecule has 0 amide bonds. The van der Waals surface area contributed by atoms with E-state index in [1.54, 1.807) is 23.5 Å². The fourth-order valence-corrected chi connectivity index (χ4v) is 3.85. The van der Waals surface area contributed by atoms with E-state index < -0.39 is 0 Å². The Balaban J connectivity index is 1.35. The molecule has 3 heterocycles. The molecule has 26 heavy (non-hydrogen) atoms. The third kappa shape index (κ3) is 3.76. The highest BCUT2D eigenvalue weighted by molar-refractivity contribution is 7.14. The van der Waals surface area contributed by atoms with E-state index in [0.29, 0.717) is 5.89 Å². The first-order valence-electron chi connectivity index (χ1n) is 8.71.